The first-order chi connectivity index (χ1) is 8.41. The van der Waals surface area contributed by atoms with E-state index >= 15 is 0 Å². The highest BCUT2D eigenvalue weighted by atomic mass is 13.9. The third-order valence-corrected chi connectivity index (χ3v) is 3.12. The highest BCUT2D eigenvalue weighted by Crippen LogP contribution is 2.08. The number of allylic oxidation sites excluding steroid dienone is 4. The van der Waals surface area contributed by atoms with Crippen molar-refractivity contribution < 1.29 is 0 Å². The lowest BCUT2D eigenvalue weighted by molar-refractivity contribution is 0.611. The van der Waals surface area contributed by atoms with Gasteiger partial charge in [-0.2, -0.15) is 0 Å². The van der Waals surface area contributed by atoms with Crippen molar-refractivity contribution in [2.45, 2.75) is 84.5 Å². The zero-order valence-corrected chi connectivity index (χ0v) is 12.1. The molecule has 0 heterocycles. The van der Waals surface area contributed by atoms with E-state index in [4.69, 9.17) is 0 Å². The molecule has 0 atom stereocenters. The first kappa shape index (κ1) is 16.5. The van der Waals surface area contributed by atoms with Crippen molar-refractivity contribution in [3.8, 4) is 0 Å². The first-order valence-electron chi connectivity index (χ1n) is 7.68. The van der Waals surface area contributed by atoms with Gasteiger partial charge in [0.25, 0.3) is 0 Å². The van der Waals surface area contributed by atoms with Crippen LogP contribution in [0.25, 0.3) is 0 Å². The van der Waals surface area contributed by atoms with E-state index in [9.17, 15) is 0 Å². The smallest absolute Gasteiger partial charge is 0.0351 e. The summed E-state index contributed by atoms with van der Waals surface area (Å²) in [5.41, 5.74) is 0. The first-order valence-corrected chi connectivity index (χ1v) is 7.68. The number of hydrogen-bond donors (Lipinski definition) is 0. The van der Waals surface area contributed by atoms with E-state index < -0.39 is 0 Å². The van der Waals surface area contributed by atoms with Crippen LogP contribution in [0, 0.1) is 0 Å². The van der Waals surface area contributed by atoms with E-state index in [0.717, 1.165) is 0 Å². The molecule has 17 heavy (non-hydrogen) atoms. The molecule has 0 radical (unpaired) electrons. The van der Waals surface area contributed by atoms with Gasteiger partial charge in [0.2, 0.25) is 0 Å². The van der Waals surface area contributed by atoms with Crippen LogP contribution in [-0.2, 0) is 0 Å². The van der Waals surface area contributed by atoms with Gasteiger partial charge in [0.15, 0.2) is 0 Å². The molecule has 0 aromatic rings. The van der Waals surface area contributed by atoms with Crippen LogP contribution < -0.4 is 0 Å². The third kappa shape index (κ3) is 15.5. The van der Waals surface area contributed by atoms with E-state index in [1.807, 2.05) is 0 Å². The minimum Gasteiger partial charge on any atom is -0.0917 e. The molecular formula is C17H32. The second-order valence-electron chi connectivity index (χ2n) is 4.88. The van der Waals surface area contributed by atoms with E-state index in [1.165, 1.54) is 70.6 Å². The summed E-state index contributed by atoms with van der Waals surface area (Å²) >= 11 is 0. The zero-order chi connectivity index (χ0) is 12.6. The topological polar surface area (TPSA) is 0 Å². The predicted octanol–water partition coefficient (Wildman–Crippen LogP) is 6.43. The van der Waals surface area contributed by atoms with Gasteiger partial charge in [-0.15, -0.1) is 0 Å². The molecular weight excluding hydrogens is 204 g/mol. The average molecular weight is 236 g/mol. The van der Waals surface area contributed by atoms with Gasteiger partial charge in [0.05, 0.1) is 0 Å². The maximum atomic E-state index is 2.38. The summed E-state index contributed by atoms with van der Waals surface area (Å²) in [5.74, 6) is 0. The van der Waals surface area contributed by atoms with Crippen LogP contribution in [0.15, 0.2) is 24.3 Å². The summed E-state index contributed by atoms with van der Waals surface area (Å²) < 4.78 is 0. The van der Waals surface area contributed by atoms with Crippen molar-refractivity contribution in [1.82, 2.24) is 0 Å². The minimum absolute atomic E-state index is 1.25. The van der Waals surface area contributed by atoms with Crippen LogP contribution in [0.3, 0.4) is 0 Å². The minimum atomic E-state index is 1.25. The predicted molar refractivity (Wildman–Crippen MR) is 80.4 cm³/mol. The molecule has 100 valence electrons. The Morgan fingerprint density at radius 1 is 0.588 bits per heavy atom. The molecule has 0 spiro atoms. The van der Waals surface area contributed by atoms with E-state index in [1.54, 1.807) is 0 Å². The van der Waals surface area contributed by atoms with Gasteiger partial charge in [0.1, 0.15) is 0 Å². The lowest BCUT2D eigenvalue weighted by Crippen LogP contribution is -1.78. The Labute approximate surface area is 109 Å². The molecule has 0 aliphatic carbocycles. The maximum Gasteiger partial charge on any atom is -0.0351 e. The van der Waals surface area contributed by atoms with Gasteiger partial charge in [-0.05, 0) is 45.4 Å². The third-order valence-electron chi connectivity index (χ3n) is 3.12. The molecule has 0 aromatic carbocycles. The molecule has 0 saturated carbocycles. The van der Waals surface area contributed by atoms with Crippen LogP contribution in [0.4, 0.5) is 0 Å². The van der Waals surface area contributed by atoms with Crippen molar-refractivity contribution in [1.29, 1.82) is 0 Å². The SMILES string of the molecule is CC=CCCCCC=CCCCCCCCC. The highest BCUT2D eigenvalue weighted by Gasteiger charge is 1.88. The van der Waals surface area contributed by atoms with Crippen LogP contribution in [-0.4, -0.2) is 0 Å². The molecule has 0 heteroatoms. The number of hydrogen-bond acceptors (Lipinski definition) is 0. The molecule has 0 unspecified atom stereocenters. The molecule has 0 rings (SSSR count). The normalized spacial score (nSPS) is 11.9. The molecule has 0 aliphatic rings. The summed E-state index contributed by atoms with van der Waals surface area (Å²) in [6, 6.07) is 0. The maximum absolute atomic E-state index is 2.38. The molecule has 0 nitrogen and oxygen atoms in total. The molecule has 0 fully saturated rings. The lowest BCUT2D eigenvalue weighted by atomic mass is 10.1. The fraction of sp³-hybridized carbons (Fsp3) is 0.765. The van der Waals surface area contributed by atoms with Gasteiger partial charge >= 0.3 is 0 Å². The number of unbranched alkanes of at least 4 members (excludes halogenated alkanes) is 9. The fourth-order valence-electron chi connectivity index (χ4n) is 1.97. The molecule has 0 bridgehead atoms. The summed E-state index contributed by atoms with van der Waals surface area (Å²) in [5, 5.41) is 0. The van der Waals surface area contributed by atoms with Crippen molar-refractivity contribution in [2.24, 2.45) is 0 Å². The molecule has 0 aliphatic heterocycles. The largest absolute Gasteiger partial charge is 0.0917 e. The van der Waals surface area contributed by atoms with Crippen molar-refractivity contribution in [2.75, 3.05) is 0 Å². The van der Waals surface area contributed by atoms with Crippen LogP contribution in [0.1, 0.15) is 84.5 Å². The Bertz CT molecular complexity index is 176. The Hall–Kier alpha value is -0.520. The van der Waals surface area contributed by atoms with E-state index in [2.05, 4.69) is 38.2 Å². The van der Waals surface area contributed by atoms with Gasteiger partial charge in [-0.1, -0.05) is 63.3 Å². The van der Waals surface area contributed by atoms with Crippen LogP contribution >= 0.6 is 0 Å². The van der Waals surface area contributed by atoms with Crippen molar-refractivity contribution in [3.63, 3.8) is 0 Å². The Morgan fingerprint density at radius 3 is 1.65 bits per heavy atom. The van der Waals surface area contributed by atoms with Crippen molar-refractivity contribution >= 4 is 0 Å². The molecule has 0 aromatic heterocycles. The van der Waals surface area contributed by atoms with Crippen LogP contribution in [0.5, 0.6) is 0 Å². The molecule has 0 N–H and O–H groups in total. The second-order valence-corrected chi connectivity index (χ2v) is 4.88. The standard InChI is InChI=1S/C17H32/c1-3-5-7-9-11-13-15-17-16-14-12-10-8-6-4-2/h3,5,15,17H,4,6-14,16H2,1-2H3. The fourth-order valence-corrected chi connectivity index (χ4v) is 1.97. The quantitative estimate of drug-likeness (QED) is 0.270. The van der Waals surface area contributed by atoms with Gasteiger partial charge < -0.3 is 0 Å². The van der Waals surface area contributed by atoms with Crippen LogP contribution in [0.2, 0.25) is 0 Å². The van der Waals surface area contributed by atoms with Crippen molar-refractivity contribution in [3.05, 3.63) is 24.3 Å². The number of rotatable bonds is 12. The summed E-state index contributed by atoms with van der Waals surface area (Å²) in [4.78, 5) is 0. The summed E-state index contributed by atoms with van der Waals surface area (Å²) in [7, 11) is 0. The van der Waals surface area contributed by atoms with Gasteiger partial charge in [0, 0.05) is 0 Å². The zero-order valence-electron chi connectivity index (χ0n) is 12.1. The second kappa shape index (κ2) is 15.5. The Kier molecular flexibility index (Phi) is 15.0. The van der Waals surface area contributed by atoms with E-state index in [-0.39, 0.29) is 0 Å². The molecule has 0 amide bonds. The summed E-state index contributed by atoms with van der Waals surface area (Å²) in [6.07, 6.45) is 24.1. The van der Waals surface area contributed by atoms with E-state index in [0.29, 0.717) is 0 Å². The van der Waals surface area contributed by atoms with Gasteiger partial charge in [-0.3, -0.25) is 0 Å². The van der Waals surface area contributed by atoms with Gasteiger partial charge in [-0.25, -0.2) is 0 Å². The Balaban J connectivity index is 3.04. The molecule has 0 saturated heterocycles. The Morgan fingerprint density at radius 2 is 1.06 bits per heavy atom. The average Bonchev–Trinajstić information content (AvgIpc) is 2.35. The summed E-state index contributed by atoms with van der Waals surface area (Å²) in [6.45, 7) is 4.37. The lowest BCUT2D eigenvalue weighted by Gasteiger charge is -1.97. The monoisotopic (exact) mass is 236 g/mol. The highest BCUT2D eigenvalue weighted by molar-refractivity contribution is 4.82.